The molecule has 0 spiro atoms. The number of esters is 2. The van der Waals surface area contributed by atoms with Crippen molar-refractivity contribution in [1.29, 1.82) is 10.5 Å². The second kappa shape index (κ2) is 25.1. The minimum absolute atomic E-state index is 0.0272. The van der Waals surface area contributed by atoms with E-state index in [1.165, 1.54) is 47.9 Å². The molecule has 3 aliphatic rings. The van der Waals surface area contributed by atoms with Crippen molar-refractivity contribution in [2.75, 3.05) is 62.3 Å². The van der Waals surface area contributed by atoms with Gasteiger partial charge in [-0.1, -0.05) is 36.4 Å². The number of benzene rings is 4. The predicted molar refractivity (Wildman–Crippen MR) is 267 cm³/mol. The van der Waals surface area contributed by atoms with Crippen LogP contribution >= 0.6 is 0 Å². The number of carbonyl (C=O) groups is 5. The number of halogens is 6. The first-order valence-corrected chi connectivity index (χ1v) is 24.9. The smallest absolute Gasteiger partial charge is 0.416 e. The molecule has 406 valence electrons. The van der Waals surface area contributed by atoms with Crippen molar-refractivity contribution in [1.82, 2.24) is 9.80 Å². The summed E-state index contributed by atoms with van der Waals surface area (Å²) in [6, 6.07) is 21.9. The van der Waals surface area contributed by atoms with Gasteiger partial charge in [-0.2, -0.15) is 36.9 Å². The second-order valence-corrected chi connectivity index (χ2v) is 18.5. The Morgan fingerprint density at radius 2 is 1.01 bits per heavy atom. The highest BCUT2D eigenvalue weighted by Crippen LogP contribution is 2.44. The average Bonchev–Trinajstić information content (AvgIpc) is 3.41. The molecule has 15 nitrogen and oxygen atoms in total. The third kappa shape index (κ3) is 13.1. The molecule has 0 aliphatic carbocycles. The van der Waals surface area contributed by atoms with Crippen LogP contribution in [0.2, 0.25) is 0 Å². The van der Waals surface area contributed by atoms with E-state index in [0.29, 0.717) is 65.8 Å². The summed E-state index contributed by atoms with van der Waals surface area (Å²) in [7, 11) is 0. The number of likely N-dealkylation sites (tertiary alicyclic amines) is 1. The maximum absolute atomic E-state index is 15.0. The zero-order valence-corrected chi connectivity index (χ0v) is 42.8. The quantitative estimate of drug-likeness (QED) is 0.0452. The number of carboxylic acid groups (broad SMARTS) is 1. The summed E-state index contributed by atoms with van der Waals surface area (Å²) in [6.07, 6.45) is -6.13. The van der Waals surface area contributed by atoms with Gasteiger partial charge in [-0.3, -0.25) is 9.80 Å². The van der Waals surface area contributed by atoms with Crippen LogP contribution in [0.4, 0.5) is 47.3 Å². The van der Waals surface area contributed by atoms with Crippen LogP contribution in [0.5, 0.6) is 0 Å². The Balaban J connectivity index is 0.00000313. The lowest BCUT2D eigenvalue weighted by Crippen LogP contribution is -2.56. The van der Waals surface area contributed by atoms with Crippen LogP contribution in [0.3, 0.4) is 0 Å². The molecule has 7 rings (SSSR count). The molecule has 1 saturated heterocycles. The van der Waals surface area contributed by atoms with Crippen LogP contribution < -0.4 is 14.9 Å². The van der Waals surface area contributed by atoms with Crippen LogP contribution in [0.15, 0.2) is 120 Å². The molecule has 4 aromatic carbocycles. The van der Waals surface area contributed by atoms with Gasteiger partial charge in [0.2, 0.25) is 0 Å². The number of anilines is 2. The van der Waals surface area contributed by atoms with Crippen molar-refractivity contribution in [3.63, 3.8) is 0 Å². The SMILES string of the molecule is CCOC(=O)C1=C(C)N(c2cccc(C(F)(F)F)c2)C(=O)N(CCC[N+]2(CCCN3C(=O)N(c4cccc(C(F)(F)F)c4)C(C)=C(C(=O)OCC)[C@H]3c3ccc(C#N)cc3)CCCCC2)[C@@H]1c1ccc(C#N)cc1.O=C[O-]. The maximum atomic E-state index is 15.0. The fourth-order valence-electron chi connectivity index (χ4n) is 10.4. The zero-order chi connectivity index (χ0) is 56.2. The number of piperidine rings is 1. The van der Waals surface area contributed by atoms with E-state index in [-0.39, 0.29) is 60.2 Å². The molecular formula is C56H57F6N7O8. The lowest BCUT2D eigenvalue weighted by atomic mass is 9.91. The molecule has 0 aromatic heterocycles. The Morgan fingerprint density at radius 3 is 1.34 bits per heavy atom. The summed E-state index contributed by atoms with van der Waals surface area (Å²) in [5.41, 5.74) is -0.403. The van der Waals surface area contributed by atoms with Gasteiger partial charge in [0, 0.05) is 43.8 Å². The van der Waals surface area contributed by atoms with Crippen molar-refractivity contribution >= 4 is 41.8 Å². The summed E-state index contributed by atoms with van der Waals surface area (Å²) >= 11 is 0. The fourth-order valence-corrected chi connectivity index (χ4v) is 10.4. The van der Waals surface area contributed by atoms with Gasteiger partial charge in [-0.05, 0) is 119 Å². The zero-order valence-electron chi connectivity index (χ0n) is 42.8. The molecular weight excluding hydrogens is 1010 g/mol. The van der Waals surface area contributed by atoms with E-state index < -0.39 is 66.0 Å². The number of urea groups is 2. The molecule has 0 unspecified atom stereocenters. The number of alkyl halides is 6. The van der Waals surface area contributed by atoms with Crippen molar-refractivity contribution in [2.24, 2.45) is 0 Å². The number of nitrogens with zero attached hydrogens (tertiary/aromatic N) is 7. The van der Waals surface area contributed by atoms with Crippen molar-refractivity contribution in [2.45, 2.75) is 84.2 Å². The molecule has 0 N–H and O–H groups in total. The average molecular weight is 1070 g/mol. The van der Waals surface area contributed by atoms with Crippen LogP contribution in [0.1, 0.15) is 105 Å². The molecule has 2 atom stereocenters. The normalized spacial score (nSPS) is 17.8. The summed E-state index contributed by atoms with van der Waals surface area (Å²) in [4.78, 5) is 71.3. The Hall–Kier alpha value is -8.17. The van der Waals surface area contributed by atoms with Gasteiger partial charge >= 0.3 is 36.4 Å². The number of rotatable bonds is 16. The molecule has 0 saturated carbocycles. The van der Waals surface area contributed by atoms with E-state index in [1.807, 2.05) is 0 Å². The van der Waals surface area contributed by atoms with E-state index in [1.54, 1.807) is 62.4 Å². The van der Waals surface area contributed by atoms with Crippen molar-refractivity contribution in [3.8, 4) is 12.1 Å². The van der Waals surface area contributed by atoms with Gasteiger partial charge in [0.15, 0.2) is 0 Å². The lowest BCUT2D eigenvalue weighted by Gasteiger charge is -2.46. The van der Waals surface area contributed by atoms with Gasteiger partial charge in [0.1, 0.15) is 0 Å². The van der Waals surface area contributed by atoms with E-state index in [4.69, 9.17) is 19.4 Å². The van der Waals surface area contributed by atoms with Gasteiger partial charge in [0.05, 0.1) is 108 Å². The van der Waals surface area contributed by atoms with E-state index in [0.717, 1.165) is 53.3 Å². The van der Waals surface area contributed by atoms with E-state index in [9.17, 15) is 56.0 Å². The molecule has 4 aromatic rings. The first-order chi connectivity index (χ1) is 36.7. The number of quaternary nitrogens is 1. The van der Waals surface area contributed by atoms with Crippen LogP contribution in [0, 0.1) is 22.7 Å². The lowest BCUT2D eigenvalue weighted by molar-refractivity contribution is -0.932. The summed E-state index contributed by atoms with van der Waals surface area (Å²) in [6.45, 7) is 8.08. The second-order valence-electron chi connectivity index (χ2n) is 18.5. The Morgan fingerprint density at radius 1 is 0.649 bits per heavy atom. The molecule has 1 fully saturated rings. The highest BCUT2D eigenvalue weighted by Gasteiger charge is 2.46. The first kappa shape index (κ1) is 58.1. The highest BCUT2D eigenvalue weighted by atomic mass is 19.4. The number of ether oxygens (including phenoxy) is 2. The minimum atomic E-state index is -4.74. The Kier molecular flexibility index (Phi) is 18.9. The number of carbonyl (C=O) groups excluding carboxylic acids is 5. The Labute approximate surface area is 442 Å². The van der Waals surface area contributed by atoms with Gasteiger partial charge in [-0.15, -0.1) is 0 Å². The number of hydrogen-bond donors (Lipinski definition) is 0. The summed E-state index contributed by atoms with van der Waals surface area (Å²) < 4.78 is 96.1. The topological polar surface area (TPSA) is 187 Å². The largest absolute Gasteiger partial charge is 0.554 e. The fraction of sp³-hybridized carbons (Fsp3) is 0.375. The van der Waals surface area contributed by atoms with E-state index >= 15 is 0 Å². The molecule has 3 heterocycles. The van der Waals surface area contributed by atoms with Crippen LogP contribution in [-0.2, 0) is 36.2 Å². The van der Waals surface area contributed by atoms with Crippen LogP contribution in [-0.4, -0.2) is 97.2 Å². The molecule has 0 radical (unpaired) electrons. The Bertz CT molecular complexity index is 2770. The number of amides is 4. The van der Waals surface area contributed by atoms with E-state index in [2.05, 4.69) is 12.1 Å². The number of allylic oxidation sites excluding steroid dienone is 2. The highest BCUT2D eigenvalue weighted by molar-refractivity contribution is 6.04. The summed E-state index contributed by atoms with van der Waals surface area (Å²) in [5.74, 6) is -1.55. The minimum Gasteiger partial charge on any atom is -0.554 e. The van der Waals surface area contributed by atoms with Crippen molar-refractivity contribution < 1.29 is 69.4 Å². The molecule has 0 bridgehead atoms. The van der Waals surface area contributed by atoms with Crippen LogP contribution in [0.25, 0.3) is 0 Å². The number of nitriles is 2. The first-order valence-electron chi connectivity index (χ1n) is 24.9. The monoisotopic (exact) mass is 1070 g/mol. The van der Waals surface area contributed by atoms with Gasteiger partial charge in [-0.25, -0.2) is 19.2 Å². The number of hydrogen-bond acceptors (Lipinski definition) is 10. The summed E-state index contributed by atoms with van der Waals surface area (Å²) in [5, 5.41) is 27.5. The molecule has 3 aliphatic heterocycles. The molecule has 21 heteroatoms. The molecule has 4 amide bonds. The van der Waals surface area contributed by atoms with Gasteiger partial charge in [0.25, 0.3) is 0 Å². The standard InChI is InChI=1S/C55H56F6N7O6.CH2O2/c1-5-73-50(69)46-36(3)66(44-16-10-14-42(32-44)54(56,57)58)52(71)64(48(46)40-22-18-38(34-62)19-23-40)26-12-30-68(28-8-7-9-29-68)31-13-27-65-49(41-24-20-39(35-63)21-25-41)47(51(70)74-6-2)37(4)67(53(65)72)45-17-11-15-43(33-45)55(59,60)61;2-1-3/h10-11,14-25,32-33,48-49H,5-9,12-13,26-31H2,1-4H3;1H,(H,2,3)/q+1;/p-1/t48-,49-;/m1./s1. The third-order valence-corrected chi connectivity index (χ3v) is 13.9. The molecule has 77 heavy (non-hydrogen) atoms. The third-order valence-electron chi connectivity index (χ3n) is 13.9. The predicted octanol–water partition coefficient (Wildman–Crippen LogP) is 9.96. The van der Waals surface area contributed by atoms with Gasteiger partial charge < -0.3 is 33.7 Å². The van der Waals surface area contributed by atoms with Crippen molar-refractivity contribution in [3.05, 3.63) is 153 Å². The maximum Gasteiger partial charge on any atom is 0.416 e.